The summed E-state index contributed by atoms with van der Waals surface area (Å²) in [5, 5.41) is 15.1. The molecule has 3 aromatic carbocycles. The number of nitrogens with one attached hydrogen (secondary N) is 1. The molecule has 96 valence electrons. The van der Waals surface area contributed by atoms with Crippen LogP contribution in [0.3, 0.4) is 0 Å². The Labute approximate surface area is 113 Å². The molecule has 0 saturated carbocycles. The van der Waals surface area contributed by atoms with Gasteiger partial charge in [-0.3, -0.25) is 10.1 Å². The van der Waals surface area contributed by atoms with Crippen LogP contribution >= 0.6 is 0 Å². The number of fused-ring (bicyclic) bond motifs is 5. The Kier molecular flexibility index (Phi) is 2.09. The van der Waals surface area contributed by atoms with Crippen LogP contribution in [0.4, 0.5) is 5.69 Å². The maximum absolute atomic E-state index is 10.9. The second kappa shape index (κ2) is 3.81. The van der Waals surface area contributed by atoms with Gasteiger partial charge in [-0.15, -0.1) is 0 Å². The Morgan fingerprint density at radius 2 is 1.75 bits per heavy atom. The van der Waals surface area contributed by atoms with E-state index in [1.165, 1.54) is 6.07 Å². The molecule has 0 spiro atoms. The van der Waals surface area contributed by atoms with Gasteiger partial charge in [0.1, 0.15) is 0 Å². The third-order valence-corrected chi connectivity index (χ3v) is 3.69. The molecule has 0 unspecified atom stereocenters. The second-order valence-corrected chi connectivity index (χ2v) is 4.82. The first-order valence-electron chi connectivity index (χ1n) is 6.31. The van der Waals surface area contributed by atoms with Crippen molar-refractivity contribution in [2.24, 2.45) is 0 Å². The minimum Gasteiger partial charge on any atom is -0.354 e. The lowest BCUT2D eigenvalue weighted by Crippen LogP contribution is -1.86. The number of nitrogens with zero attached hydrogens (tertiary/aromatic N) is 1. The lowest BCUT2D eigenvalue weighted by molar-refractivity contribution is -0.384. The van der Waals surface area contributed by atoms with Gasteiger partial charge in [-0.05, 0) is 11.5 Å². The van der Waals surface area contributed by atoms with Gasteiger partial charge in [0.25, 0.3) is 5.69 Å². The van der Waals surface area contributed by atoms with Crippen molar-refractivity contribution in [3.05, 3.63) is 64.7 Å². The van der Waals surface area contributed by atoms with Crippen LogP contribution in [-0.4, -0.2) is 9.91 Å². The molecule has 0 bridgehead atoms. The monoisotopic (exact) mass is 262 g/mol. The summed E-state index contributed by atoms with van der Waals surface area (Å²) in [5.74, 6) is 0. The average molecular weight is 262 g/mol. The molecule has 0 fully saturated rings. The standard InChI is InChI=1S/C16H10N2O2/c19-18(20)11-6-8-15-14(9-11)13-7-5-10-3-1-2-4-12(10)16(13)17-15/h1-9,17H. The molecular formula is C16H10N2O2. The lowest BCUT2D eigenvalue weighted by Gasteiger charge is -1.98. The number of aromatic amines is 1. The normalized spacial score (nSPS) is 11.4. The fourth-order valence-corrected chi connectivity index (χ4v) is 2.74. The Bertz CT molecular complexity index is 986. The van der Waals surface area contributed by atoms with Crippen molar-refractivity contribution in [1.82, 2.24) is 4.98 Å². The minimum atomic E-state index is -0.362. The molecule has 0 aliphatic heterocycles. The van der Waals surface area contributed by atoms with Gasteiger partial charge < -0.3 is 4.98 Å². The quantitative estimate of drug-likeness (QED) is 0.408. The first kappa shape index (κ1) is 11.0. The van der Waals surface area contributed by atoms with E-state index in [1.807, 2.05) is 24.3 Å². The maximum Gasteiger partial charge on any atom is 0.270 e. The Morgan fingerprint density at radius 1 is 0.900 bits per heavy atom. The predicted octanol–water partition coefficient (Wildman–Crippen LogP) is 4.38. The summed E-state index contributed by atoms with van der Waals surface area (Å²) in [4.78, 5) is 13.9. The van der Waals surface area contributed by atoms with Crippen LogP contribution in [0.5, 0.6) is 0 Å². The van der Waals surface area contributed by atoms with E-state index in [0.717, 1.165) is 32.6 Å². The van der Waals surface area contributed by atoms with Crippen LogP contribution in [0.25, 0.3) is 32.6 Å². The summed E-state index contributed by atoms with van der Waals surface area (Å²) in [7, 11) is 0. The average Bonchev–Trinajstić information content (AvgIpc) is 2.85. The topological polar surface area (TPSA) is 58.9 Å². The van der Waals surface area contributed by atoms with Crippen LogP contribution in [0, 0.1) is 10.1 Å². The van der Waals surface area contributed by atoms with E-state index in [9.17, 15) is 10.1 Å². The van der Waals surface area contributed by atoms with Gasteiger partial charge in [-0.2, -0.15) is 0 Å². The highest BCUT2D eigenvalue weighted by molar-refractivity contribution is 6.17. The second-order valence-electron chi connectivity index (χ2n) is 4.82. The summed E-state index contributed by atoms with van der Waals surface area (Å²) in [5.41, 5.74) is 2.06. The smallest absolute Gasteiger partial charge is 0.270 e. The van der Waals surface area contributed by atoms with Gasteiger partial charge in [0, 0.05) is 33.8 Å². The SMILES string of the molecule is O=[N+]([O-])c1ccc2[nH]c3c4ccccc4ccc3c2c1. The zero-order chi connectivity index (χ0) is 13.7. The zero-order valence-corrected chi connectivity index (χ0v) is 10.5. The number of nitro groups is 1. The molecule has 4 aromatic rings. The zero-order valence-electron chi connectivity index (χ0n) is 10.5. The van der Waals surface area contributed by atoms with Crippen molar-refractivity contribution in [2.45, 2.75) is 0 Å². The molecule has 0 aliphatic carbocycles. The molecule has 20 heavy (non-hydrogen) atoms. The number of nitro benzene ring substituents is 1. The molecule has 4 rings (SSSR count). The van der Waals surface area contributed by atoms with Gasteiger partial charge in [0.15, 0.2) is 0 Å². The molecule has 0 saturated heterocycles. The van der Waals surface area contributed by atoms with Gasteiger partial charge in [-0.1, -0.05) is 36.4 Å². The molecule has 0 radical (unpaired) electrons. The summed E-state index contributed by atoms with van der Waals surface area (Å²) >= 11 is 0. The van der Waals surface area contributed by atoms with Crippen LogP contribution < -0.4 is 0 Å². The highest BCUT2D eigenvalue weighted by atomic mass is 16.6. The third-order valence-electron chi connectivity index (χ3n) is 3.69. The Morgan fingerprint density at radius 3 is 2.60 bits per heavy atom. The summed E-state index contributed by atoms with van der Waals surface area (Å²) in [6.45, 7) is 0. The number of hydrogen-bond donors (Lipinski definition) is 1. The minimum absolute atomic E-state index is 0.117. The van der Waals surface area contributed by atoms with Crippen molar-refractivity contribution < 1.29 is 4.92 Å². The molecule has 1 aromatic heterocycles. The van der Waals surface area contributed by atoms with E-state index in [4.69, 9.17) is 0 Å². The molecule has 0 amide bonds. The first-order chi connectivity index (χ1) is 9.74. The van der Waals surface area contributed by atoms with Crippen molar-refractivity contribution >= 4 is 38.3 Å². The van der Waals surface area contributed by atoms with E-state index in [1.54, 1.807) is 12.1 Å². The van der Waals surface area contributed by atoms with Crippen LogP contribution in [0.1, 0.15) is 0 Å². The summed E-state index contributed by atoms with van der Waals surface area (Å²) in [6, 6.07) is 17.1. The van der Waals surface area contributed by atoms with Crippen molar-refractivity contribution in [1.29, 1.82) is 0 Å². The number of H-pyrrole nitrogens is 1. The van der Waals surface area contributed by atoms with Crippen LogP contribution in [0.15, 0.2) is 54.6 Å². The predicted molar refractivity (Wildman–Crippen MR) is 80.0 cm³/mol. The number of hydrogen-bond acceptors (Lipinski definition) is 2. The lowest BCUT2D eigenvalue weighted by atomic mass is 10.1. The number of non-ortho nitro benzene ring substituents is 1. The first-order valence-corrected chi connectivity index (χ1v) is 6.31. The highest BCUT2D eigenvalue weighted by Crippen LogP contribution is 2.32. The van der Waals surface area contributed by atoms with E-state index < -0.39 is 0 Å². The molecule has 0 aliphatic rings. The third kappa shape index (κ3) is 1.42. The van der Waals surface area contributed by atoms with Gasteiger partial charge in [-0.25, -0.2) is 0 Å². The number of benzene rings is 3. The Hall–Kier alpha value is -2.88. The largest absolute Gasteiger partial charge is 0.354 e. The molecule has 4 heteroatoms. The molecule has 1 heterocycles. The number of rotatable bonds is 1. The summed E-state index contributed by atoms with van der Waals surface area (Å²) in [6.07, 6.45) is 0. The van der Waals surface area contributed by atoms with Crippen LogP contribution in [0.2, 0.25) is 0 Å². The maximum atomic E-state index is 10.9. The van der Waals surface area contributed by atoms with E-state index in [2.05, 4.69) is 17.1 Å². The number of aromatic nitrogens is 1. The van der Waals surface area contributed by atoms with E-state index in [-0.39, 0.29) is 10.6 Å². The fraction of sp³-hybridized carbons (Fsp3) is 0. The van der Waals surface area contributed by atoms with Crippen LogP contribution in [-0.2, 0) is 0 Å². The van der Waals surface area contributed by atoms with E-state index >= 15 is 0 Å². The van der Waals surface area contributed by atoms with E-state index in [0.29, 0.717) is 0 Å². The highest BCUT2D eigenvalue weighted by Gasteiger charge is 2.11. The fourth-order valence-electron chi connectivity index (χ4n) is 2.74. The van der Waals surface area contributed by atoms with Crippen molar-refractivity contribution in [2.75, 3.05) is 0 Å². The molecule has 1 N–H and O–H groups in total. The van der Waals surface area contributed by atoms with Crippen molar-refractivity contribution in [3.63, 3.8) is 0 Å². The van der Waals surface area contributed by atoms with Gasteiger partial charge in [0.2, 0.25) is 0 Å². The van der Waals surface area contributed by atoms with Gasteiger partial charge in [0.05, 0.1) is 10.4 Å². The Balaban J connectivity index is 2.19. The molecular weight excluding hydrogens is 252 g/mol. The summed E-state index contributed by atoms with van der Waals surface area (Å²) < 4.78 is 0. The molecule has 4 nitrogen and oxygen atoms in total. The van der Waals surface area contributed by atoms with Gasteiger partial charge >= 0.3 is 0 Å². The molecule has 0 atom stereocenters. The van der Waals surface area contributed by atoms with Crippen molar-refractivity contribution in [3.8, 4) is 0 Å².